The molecule has 0 fully saturated rings. The van der Waals surface area contributed by atoms with Crippen LogP contribution < -0.4 is 0 Å². The van der Waals surface area contributed by atoms with Gasteiger partial charge in [-0.25, -0.2) is 0 Å². The van der Waals surface area contributed by atoms with Crippen molar-refractivity contribution in [2.24, 2.45) is 0 Å². The van der Waals surface area contributed by atoms with E-state index in [1.807, 2.05) is 0 Å². The molecule has 1 heteroatoms. The van der Waals surface area contributed by atoms with Gasteiger partial charge >= 0.3 is 0 Å². The first-order chi connectivity index (χ1) is 22.9. The lowest BCUT2D eigenvalue weighted by Gasteiger charge is -2.40. The predicted octanol–water partition coefficient (Wildman–Crippen LogP) is 13.8. The molecule has 0 radical (unpaired) electrons. The summed E-state index contributed by atoms with van der Waals surface area (Å²) in [5.41, 5.74) is 18.9. The van der Waals surface area contributed by atoms with Crippen LogP contribution in [0.1, 0.15) is 124 Å². The molecule has 0 heterocycles. The molecule has 0 spiro atoms. The summed E-state index contributed by atoms with van der Waals surface area (Å²) in [6.07, 6.45) is 17.5. The van der Waals surface area contributed by atoms with Crippen molar-refractivity contribution in [3.05, 3.63) is 129 Å². The Morgan fingerprint density at radius 3 is 1.26 bits per heavy atom. The van der Waals surface area contributed by atoms with E-state index >= 15 is 0 Å². The van der Waals surface area contributed by atoms with Crippen LogP contribution in [0.5, 0.6) is 0 Å². The highest BCUT2D eigenvalue weighted by molar-refractivity contribution is 6.81. The van der Waals surface area contributed by atoms with E-state index in [1.54, 1.807) is 22.3 Å². The van der Waals surface area contributed by atoms with Crippen LogP contribution in [0.3, 0.4) is 0 Å². The fraction of sp³-hybridized carbons (Fsp3) is 0.391. The Hall–Kier alpha value is -3.42. The highest BCUT2D eigenvalue weighted by Crippen LogP contribution is 2.55. The van der Waals surface area contributed by atoms with Gasteiger partial charge in [0.25, 0.3) is 0 Å². The van der Waals surface area contributed by atoms with Crippen molar-refractivity contribution in [3.63, 3.8) is 0 Å². The Morgan fingerprint density at radius 1 is 0.489 bits per heavy atom. The third kappa shape index (κ3) is 6.66. The molecule has 2 aliphatic carbocycles. The van der Waals surface area contributed by atoms with Gasteiger partial charge in [-0.15, -0.1) is 0 Å². The van der Waals surface area contributed by atoms with Gasteiger partial charge in [0.1, 0.15) is 0 Å². The zero-order valence-electron chi connectivity index (χ0n) is 30.0. The first kappa shape index (κ1) is 33.5. The normalized spacial score (nSPS) is 17.0. The summed E-state index contributed by atoms with van der Waals surface area (Å²) in [6.45, 7) is 14.7. The fourth-order valence-corrected chi connectivity index (χ4v) is 13.8. The van der Waals surface area contributed by atoms with Crippen LogP contribution in [0, 0.1) is 0 Å². The van der Waals surface area contributed by atoms with Crippen LogP contribution in [-0.2, 0) is 12.8 Å². The maximum Gasteiger partial charge on any atom is 0.0722 e. The van der Waals surface area contributed by atoms with Crippen molar-refractivity contribution in [2.75, 3.05) is 0 Å². The molecule has 0 aromatic heterocycles. The van der Waals surface area contributed by atoms with E-state index in [0.717, 1.165) is 12.8 Å². The number of unbranched alkanes of at least 4 members (excludes halogenated alkanes) is 4. The molecule has 4 aromatic rings. The summed E-state index contributed by atoms with van der Waals surface area (Å²) in [5.74, 6) is 0. The van der Waals surface area contributed by atoms with E-state index in [4.69, 9.17) is 0 Å². The summed E-state index contributed by atoms with van der Waals surface area (Å²) in [7, 11) is -1.95. The number of benzene rings is 4. The van der Waals surface area contributed by atoms with Gasteiger partial charge in [-0.3, -0.25) is 0 Å². The molecule has 0 saturated heterocycles. The minimum absolute atomic E-state index is 0.521. The standard InChI is InChI=1S/C46H56Si/c1-7-11-13-17-33-23-27-37(28-24-33)39-19-15-21-41-43(39)31-35(9-3)45(41)47(5,6)46-36(10-4)32-44-40(20-16-22-42(44)46)38-29-25-34(26-30-38)18-14-12-8-2/h15-16,19-32,45-46H,7-14,17-18H2,1-6H3. The van der Waals surface area contributed by atoms with Gasteiger partial charge in [-0.05, 0) is 94.2 Å². The second-order valence-corrected chi connectivity index (χ2v) is 19.6. The van der Waals surface area contributed by atoms with Crippen LogP contribution in [0.25, 0.3) is 34.4 Å². The van der Waals surface area contributed by atoms with E-state index in [2.05, 4.69) is 138 Å². The quantitative estimate of drug-likeness (QED) is 0.0954. The van der Waals surface area contributed by atoms with Gasteiger partial charge in [0, 0.05) is 11.1 Å². The van der Waals surface area contributed by atoms with E-state index in [-0.39, 0.29) is 0 Å². The average molecular weight is 637 g/mol. The molecule has 2 unspecified atom stereocenters. The van der Waals surface area contributed by atoms with Crippen molar-refractivity contribution in [3.8, 4) is 22.3 Å². The molecule has 4 aromatic carbocycles. The molecule has 0 saturated carbocycles. The molecule has 0 nitrogen and oxygen atoms in total. The van der Waals surface area contributed by atoms with Gasteiger partial charge in [0.05, 0.1) is 8.07 Å². The molecule has 2 atom stereocenters. The maximum atomic E-state index is 2.69. The number of aryl methyl sites for hydroxylation is 2. The molecule has 6 rings (SSSR count). The second kappa shape index (κ2) is 14.8. The van der Waals surface area contributed by atoms with Crippen LogP contribution >= 0.6 is 0 Å². The first-order valence-corrected chi connectivity index (χ1v) is 21.9. The lowest BCUT2D eigenvalue weighted by molar-refractivity contribution is 0.717. The van der Waals surface area contributed by atoms with Gasteiger partial charge in [0.2, 0.25) is 0 Å². The SMILES string of the molecule is CCCCCc1ccc(-c2cccc3c2C=C(CC)C3[Si](C)(C)C2C(CC)=Cc3c(-c4ccc(CCCCC)cc4)cccc32)cc1. The average Bonchev–Trinajstić information content (AvgIpc) is 3.69. The molecule has 0 aliphatic heterocycles. The van der Waals surface area contributed by atoms with Crippen molar-refractivity contribution in [1.82, 2.24) is 0 Å². The molecule has 244 valence electrons. The van der Waals surface area contributed by atoms with E-state index in [1.165, 1.54) is 95.9 Å². The monoisotopic (exact) mass is 636 g/mol. The van der Waals surface area contributed by atoms with Crippen LogP contribution in [0.2, 0.25) is 13.1 Å². The van der Waals surface area contributed by atoms with Gasteiger partial charge in [0.15, 0.2) is 0 Å². The smallest absolute Gasteiger partial charge is 0.0679 e. The first-order valence-electron chi connectivity index (χ1n) is 18.8. The molecule has 0 N–H and O–H groups in total. The molecular weight excluding hydrogens is 581 g/mol. The van der Waals surface area contributed by atoms with Crippen LogP contribution in [0.4, 0.5) is 0 Å². The maximum absolute atomic E-state index is 2.69. The van der Waals surface area contributed by atoms with Crippen LogP contribution in [-0.4, -0.2) is 8.07 Å². The van der Waals surface area contributed by atoms with Crippen molar-refractivity contribution in [2.45, 2.75) is 116 Å². The van der Waals surface area contributed by atoms with Crippen molar-refractivity contribution < 1.29 is 0 Å². The molecule has 0 bridgehead atoms. The number of fused-ring (bicyclic) bond motifs is 2. The molecule has 2 aliphatic rings. The van der Waals surface area contributed by atoms with E-state index < -0.39 is 8.07 Å². The van der Waals surface area contributed by atoms with Crippen LogP contribution in [0.15, 0.2) is 96.1 Å². The van der Waals surface area contributed by atoms with Gasteiger partial charge in [-0.1, -0.05) is 175 Å². The number of allylic oxidation sites excluding steroid dienone is 2. The van der Waals surface area contributed by atoms with E-state index in [0.29, 0.717) is 11.1 Å². The van der Waals surface area contributed by atoms with Crippen molar-refractivity contribution >= 4 is 20.2 Å². The third-order valence-corrected chi connectivity index (χ3v) is 15.6. The van der Waals surface area contributed by atoms with Gasteiger partial charge < -0.3 is 0 Å². The Morgan fingerprint density at radius 2 is 0.894 bits per heavy atom. The molecule has 0 amide bonds. The Balaban J connectivity index is 1.34. The molecule has 47 heavy (non-hydrogen) atoms. The third-order valence-electron chi connectivity index (χ3n) is 11.3. The largest absolute Gasteiger partial charge is 0.0722 e. The summed E-state index contributed by atoms with van der Waals surface area (Å²) in [4.78, 5) is 0. The summed E-state index contributed by atoms with van der Waals surface area (Å²) in [6, 6.07) is 33.2. The van der Waals surface area contributed by atoms with Gasteiger partial charge in [-0.2, -0.15) is 0 Å². The number of rotatable bonds is 14. The zero-order chi connectivity index (χ0) is 33.0. The van der Waals surface area contributed by atoms with Crippen molar-refractivity contribution in [1.29, 1.82) is 0 Å². The van der Waals surface area contributed by atoms with E-state index in [9.17, 15) is 0 Å². The summed E-state index contributed by atoms with van der Waals surface area (Å²) < 4.78 is 0. The zero-order valence-corrected chi connectivity index (χ0v) is 31.0. The number of hydrogen-bond acceptors (Lipinski definition) is 0. The minimum atomic E-state index is -1.95. The Kier molecular flexibility index (Phi) is 10.5. The summed E-state index contributed by atoms with van der Waals surface area (Å²) in [5, 5.41) is 0. The Labute approximate surface area is 287 Å². The topological polar surface area (TPSA) is 0 Å². The lowest BCUT2D eigenvalue weighted by Crippen LogP contribution is -2.42. The lowest BCUT2D eigenvalue weighted by atomic mass is 9.95. The molecular formula is C46H56Si. The second-order valence-electron chi connectivity index (χ2n) is 14.8. The highest BCUT2D eigenvalue weighted by Gasteiger charge is 2.48. The number of hydrogen-bond donors (Lipinski definition) is 0. The highest BCUT2D eigenvalue weighted by atomic mass is 28.3. The Bertz CT molecular complexity index is 1600. The summed E-state index contributed by atoms with van der Waals surface area (Å²) >= 11 is 0. The predicted molar refractivity (Wildman–Crippen MR) is 210 cm³/mol. The minimum Gasteiger partial charge on any atom is -0.0679 e. The fourth-order valence-electron chi connectivity index (χ4n) is 8.83.